The van der Waals surface area contributed by atoms with Crippen molar-refractivity contribution in [3.05, 3.63) is 56.4 Å². The number of carbonyl (C=O) groups excluding carboxylic acids is 1. The van der Waals surface area contributed by atoms with Crippen molar-refractivity contribution in [3.8, 4) is 17.7 Å². The van der Waals surface area contributed by atoms with Crippen LogP contribution in [0.4, 0.5) is 0 Å². The third-order valence-electron chi connectivity index (χ3n) is 4.96. The van der Waals surface area contributed by atoms with Gasteiger partial charge < -0.3 is 14.6 Å². The van der Waals surface area contributed by atoms with Crippen molar-refractivity contribution in [2.75, 3.05) is 20.3 Å². The summed E-state index contributed by atoms with van der Waals surface area (Å²) in [5.41, 5.74) is 1.28. The molecule has 7 nitrogen and oxygen atoms in total. The van der Waals surface area contributed by atoms with Crippen LogP contribution in [0.25, 0.3) is 0 Å². The summed E-state index contributed by atoms with van der Waals surface area (Å²) in [4.78, 5) is 25.5. The Morgan fingerprint density at radius 1 is 1.30 bits per heavy atom. The predicted octanol–water partition coefficient (Wildman–Crippen LogP) is 3.46. The van der Waals surface area contributed by atoms with E-state index in [0.717, 1.165) is 15.7 Å². The van der Waals surface area contributed by atoms with Crippen LogP contribution in [0, 0.1) is 25.2 Å². The molecule has 0 spiro atoms. The van der Waals surface area contributed by atoms with Crippen LogP contribution in [0.1, 0.15) is 58.8 Å². The van der Waals surface area contributed by atoms with Crippen LogP contribution in [0.5, 0.6) is 11.6 Å². The first-order valence-corrected chi connectivity index (χ1v) is 9.84. The van der Waals surface area contributed by atoms with Gasteiger partial charge in [0.15, 0.2) is 6.61 Å². The number of carbonyl (C=O) groups is 1. The van der Waals surface area contributed by atoms with Crippen LogP contribution in [-0.4, -0.2) is 35.8 Å². The number of rotatable bonds is 9. The van der Waals surface area contributed by atoms with E-state index in [1.54, 1.807) is 0 Å². The molecule has 1 N–H and O–H groups in total. The fourth-order valence-corrected chi connectivity index (χ4v) is 3.32. The van der Waals surface area contributed by atoms with Crippen molar-refractivity contribution < 1.29 is 19.4 Å². The minimum absolute atomic E-state index is 0.0673. The Morgan fingerprint density at radius 2 is 2.00 bits per heavy atom. The highest BCUT2D eigenvalue weighted by Crippen LogP contribution is 2.28. The fourth-order valence-electron chi connectivity index (χ4n) is 3.32. The summed E-state index contributed by atoms with van der Waals surface area (Å²) in [6.45, 7) is 7.67. The Labute approximate surface area is 176 Å². The standard InChI is InChI=1S/C23H28N2O5/c1-14(2)17-8-7-15(3)11-20(17)30-13-19(26)21-16(4)18(12-24)22(27)25(23(21)28)9-6-10-29-5/h7-8,11,14,28H,6,9-10,13H2,1-5H3. The molecular weight excluding hydrogens is 384 g/mol. The number of nitriles is 1. The molecule has 0 unspecified atom stereocenters. The Morgan fingerprint density at radius 3 is 2.60 bits per heavy atom. The first kappa shape index (κ1) is 23.2. The highest BCUT2D eigenvalue weighted by atomic mass is 16.5. The van der Waals surface area contributed by atoms with E-state index in [0.29, 0.717) is 18.8 Å². The fraction of sp³-hybridized carbons (Fsp3) is 0.435. The Hall–Kier alpha value is -3.11. The number of aromatic nitrogens is 1. The summed E-state index contributed by atoms with van der Waals surface area (Å²) in [5.74, 6) is -0.143. The third kappa shape index (κ3) is 4.89. The van der Waals surface area contributed by atoms with Gasteiger partial charge in [-0.3, -0.25) is 14.2 Å². The van der Waals surface area contributed by atoms with Crippen LogP contribution in [-0.2, 0) is 11.3 Å². The number of nitrogens with zero attached hydrogens (tertiary/aromatic N) is 2. The van der Waals surface area contributed by atoms with Gasteiger partial charge in [0, 0.05) is 20.3 Å². The molecule has 2 aromatic rings. The first-order chi connectivity index (χ1) is 14.2. The van der Waals surface area contributed by atoms with E-state index in [4.69, 9.17) is 9.47 Å². The van der Waals surface area contributed by atoms with Gasteiger partial charge in [0.05, 0.1) is 5.56 Å². The molecule has 1 aromatic carbocycles. The van der Waals surface area contributed by atoms with Crippen molar-refractivity contribution in [3.63, 3.8) is 0 Å². The Bertz CT molecular complexity index is 1030. The van der Waals surface area contributed by atoms with Crippen LogP contribution in [0.2, 0.25) is 0 Å². The molecular formula is C23H28N2O5. The lowest BCUT2D eigenvalue weighted by Crippen LogP contribution is -2.28. The molecule has 1 aromatic heterocycles. The van der Waals surface area contributed by atoms with E-state index in [1.165, 1.54) is 14.0 Å². The number of hydrogen-bond donors (Lipinski definition) is 1. The molecule has 0 atom stereocenters. The third-order valence-corrected chi connectivity index (χ3v) is 4.96. The number of ether oxygens (including phenoxy) is 2. The Balaban J connectivity index is 2.40. The number of Topliss-reactive ketones (excluding diaryl/α,β-unsaturated/α-hetero) is 1. The zero-order valence-corrected chi connectivity index (χ0v) is 18.1. The normalized spacial score (nSPS) is 10.8. The second-order valence-electron chi connectivity index (χ2n) is 7.52. The second-order valence-corrected chi connectivity index (χ2v) is 7.52. The lowest BCUT2D eigenvalue weighted by Gasteiger charge is -2.17. The van der Waals surface area contributed by atoms with Crippen molar-refractivity contribution in [2.24, 2.45) is 0 Å². The van der Waals surface area contributed by atoms with Gasteiger partial charge in [-0.1, -0.05) is 26.0 Å². The number of pyridine rings is 1. The second kappa shape index (κ2) is 10.1. The maximum atomic E-state index is 13.0. The molecule has 7 heteroatoms. The average molecular weight is 412 g/mol. The van der Waals surface area contributed by atoms with E-state index < -0.39 is 17.2 Å². The molecule has 2 rings (SSSR count). The molecule has 0 amide bonds. The summed E-state index contributed by atoms with van der Waals surface area (Å²) in [5, 5.41) is 20.1. The van der Waals surface area contributed by atoms with Crippen LogP contribution >= 0.6 is 0 Å². The molecule has 0 saturated carbocycles. The number of ketones is 1. The number of aryl methyl sites for hydroxylation is 1. The van der Waals surface area contributed by atoms with Gasteiger partial charge in [-0.15, -0.1) is 0 Å². The van der Waals surface area contributed by atoms with Gasteiger partial charge in [0.25, 0.3) is 5.56 Å². The van der Waals surface area contributed by atoms with Crippen LogP contribution in [0.3, 0.4) is 0 Å². The first-order valence-electron chi connectivity index (χ1n) is 9.84. The monoisotopic (exact) mass is 412 g/mol. The minimum atomic E-state index is -0.623. The van der Waals surface area contributed by atoms with Gasteiger partial charge in [-0.2, -0.15) is 5.26 Å². The molecule has 0 fully saturated rings. The van der Waals surface area contributed by atoms with Gasteiger partial charge >= 0.3 is 0 Å². The largest absolute Gasteiger partial charge is 0.494 e. The predicted molar refractivity (Wildman–Crippen MR) is 113 cm³/mol. The van der Waals surface area contributed by atoms with Crippen LogP contribution in [0.15, 0.2) is 23.0 Å². The van der Waals surface area contributed by atoms with Crippen LogP contribution < -0.4 is 10.3 Å². The lowest BCUT2D eigenvalue weighted by atomic mass is 10.00. The van der Waals surface area contributed by atoms with Crippen molar-refractivity contribution >= 4 is 5.78 Å². The van der Waals surface area contributed by atoms with Crippen molar-refractivity contribution in [1.82, 2.24) is 4.57 Å². The maximum absolute atomic E-state index is 13.0. The smallest absolute Gasteiger partial charge is 0.271 e. The van der Waals surface area contributed by atoms with Crippen molar-refractivity contribution in [2.45, 2.75) is 46.6 Å². The van der Waals surface area contributed by atoms with Crippen molar-refractivity contribution in [1.29, 1.82) is 5.26 Å². The topological polar surface area (TPSA) is 102 Å². The zero-order chi connectivity index (χ0) is 22.4. The van der Waals surface area contributed by atoms with E-state index in [-0.39, 0.29) is 35.8 Å². The number of methoxy groups -OCH3 is 1. The Kier molecular flexibility index (Phi) is 7.79. The molecule has 0 bridgehead atoms. The van der Waals surface area contributed by atoms with E-state index in [2.05, 4.69) is 0 Å². The molecule has 160 valence electrons. The maximum Gasteiger partial charge on any atom is 0.271 e. The number of hydrogen-bond acceptors (Lipinski definition) is 6. The summed E-state index contributed by atoms with van der Waals surface area (Å²) < 4.78 is 11.8. The molecule has 0 aliphatic rings. The summed E-state index contributed by atoms with van der Waals surface area (Å²) in [7, 11) is 1.53. The highest BCUT2D eigenvalue weighted by Gasteiger charge is 2.24. The van der Waals surface area contributed by atoms with E-state index in [9.17, 15) is 20.0 Å². The van der Waals surface area contributed by atoms with Gasteiger partial charge in [0.2, 0.25) is 11.7 Å². The molecule has 0 radical (unpaired) electrons. The molecule has 0 aliphatic carbocycles. The molecule has 1 heterocycles. The summed E-state index contributed by atoms with van der Waals surface area (Å²) in [6, 6.07) is 7.66. The summed E-state index contributed by atoms with van der Waals surface area (Å²) >= 11 is 0. The molecule has 30 heavy (non-hydrogen) atoms. The summed E-state index contributed by atoms with van der Waals surface area (Å²) in [6.07, 6.45) is 0.447. The SMILES string of the molecule is COCCCn1c(O)c(C(=O)COc2cc(C)ccc2C(C)C)c(C)c(C#N)c1=O. The zero-order valence-electron chi connectivity index (χ0n) is 18.1. The van der Waals surface area contributed by atoms with Gasteiger partial charge in [-0.05, 0) is 48.9 Å². The molecule has 0 saturated heterocycles. The minimum Gasteiger partial charge on any atom is -0.494 e. The number of aromatic hydroxyl groups is 1. The van der Waals surface area contributed by atoms with E-state index >= 15 is 0 Å². The van der Waals surface area contributed by atoms with E-state index in [1.807, 2.05) is 45.0 Å². The van der Waals surface area contributed by atoms with Gasteiger partial charge in [0.1, 0.15) is 17.4 Å². The molecule has 0 aliphatic heterocycles. The van der Waals surface area contributed by atoms with Gasteiger partial charge in [-0.25, -0.2) is 0 Å². The highest BCUT2D eigenvalue weighted by molar-refractivity contribution is 6.01. The quantitative estimate of drug-likeness (QED) is 0.500. The number of benzene rings is 1. The average Bonchev–Trinajstić information content (AvgIpc) is 2.69. The lowest BCUT2D eigenvalue weighted by molar-refractivity contribution is 0.0915.